The Morgan fingerprint density at radius 3 is 2.92 bits per heavy atom. The predicted molar refractivity (Wildman–Crippen MR) is 95.2 cm³/mol. The average molecular weight is 361 g/mol. The van der Waals surface area contributed by atoms with Crippen molar-refractivity contribution in [2.75, 3.05) is 32.7 Å². The number of aromatic nitrogens is 2. The van der Waals surface area contributed by atoms with Gasteiger partial charge in [-0.05, 0) is 37.8 Å². The summed E-state index contributed by atoms with van der Waals surface area (Å²) in [5.74, 6) is 1.54. The van der Waals surface area contributed by atoms with Gasteiger partial charge in [0, 0.05) is 26.2 Å². The molecular formula is C17H23N5O2S. The quantitative estimate of drug-likeness (QED) is 0.894. The number of piperazine rings is 1. The molecule has 25 heavy (non-hydrogen) atoms. The zero-order valence-corrected chi connectivity index (χ0v) is 15.2. The minimum absolute atomic E-state index is 0.0215. The second-order valence-electron chi connectivity index (χ2n) is 6.62. The van der Waals surface area contributed by atoms with Gasteiger partial charge in [-0.25, -0.2) is 0 Å². The van der Waals surface area contributed by atoms with Crippen molar-refractivity contribution in [2.45, 2.75) is 31.8 Å². The number of amides is 1. The highest BCUT2D eigenvalue weighted by Crippen LogP contribution is 2.26. The van der Waals surface area contributed by atoms with Gasteiger partial charge in [-0.2, -0.15) is 4.98 Å². The van der Waals surface area contributed by atoms with E-state index in [2.05, 4.69) is 27.3 Å². The van der Waals surface area contributed by atoms with Crippen molar-refractivity contribution >= 4 is 17.2 Å². The maximum atomic E-state index is 12.5. The molecule has 0 spiro atoms. The van der Waals surface area contributed by atoms with Gasteiger partial charge in [0.05, 0.1) is 17.0 Å². The van der Waals surface area contributed by atoms with Crippen molar-refractivity contribution in [3.63, 3.8) is 0 Å². The molecule has 2 aliphatic heterocycles. The average Bonchev–Trinajstić information content (AvgIpc) is 3.42. The summed E-state index contributed by atoms with van der Waals surface area (Å²) in [4.78, 5) is 22.3. The number of hydrogen-bond donors (Lipinski definition) is 1. The van der Waals surface area contributed by atoms with E-state index in [1.54, 1.807) is 11.3 Å². The fourth-order valence-electron chi connectivity index (χ4n) is 3.51. The van der Waals surface area contributed by atoms with E-state index >= 15 is 0 Å². The molecule has 4 heterocycles. The van der Waals surface area contributed by atoms with Crippen molar-refractivity contribution < 1.29 is 9.32 Å². The van der Waals surface area contributed by atoms with Gasteiger partial charge in [0.25, 0.3) is 0 Å². The van der Waals surface area contributed by atoms with Gasteiger partial charge in [-0.1, -0.05) is 11.2 Å². The zero-order valence-electron chi connectivity index (χ0n) is 14.4. The molecule has 8 heteroatoms. The van der Waals surface area contributed by atoms with Crippen LogP contribution in [-0.4, -0.2) is 64.6 Å². The number of thiophene rings is 1. The molecule has 134 valence electrons. The number of rotatable bonds is 4. The Balaban J connectivity index is 1.35. The van der Waals surface area contributed by atoms with Crippen molar-refractivity contribution in [3.8, 4) is 10.7 Å². The van der Waals surface area contributed by atoms with Crippen LogP contribution in [-0.2, 0) is 4.79 Å². The van der Waals surface area contributed by atoms with Crippen LogP contribution >= 0.6 is 11.3 Å². The molecule has 0 aliphatic carbocycles. The summed E-state index contributed by atoms with van der Waals surface area (Å²) < 4.78 is 5.47. The van der Waals surface area contributed by atoms with Crippen LogP contribution < -0.4 is 5.32 Å². The Kier molecular flexibility index (Phi) is 4.82. The van der Waals surface area contributed by atoms with Gasteiger partial charge in [0.15, 0.2) is 0 Å². The van der Waals surface area contributed by atoms with Gasteiger partial charge in [0.1, 0.15) is 0 Å². The first kappa shape index (κ1) is 16.7. The third-order valence-electron chi connectivity index (χ3n) is 5.07. The first-order valence-corrected chi connectivity index (χ1v) is 9.74. The summed E-state index contributed by atoms with van der Waals surface area (Å²) in [5, 5.41) is 9.39. The molecule has 0 radical (unpaired) electrons. The summed E-state index contributed by atoms with van der Waals surface area (Å²) in [6.07, 6.45) is 2.06. The normalized spacial score (nSPS) is 23.1. The highest BCUT2D eigenvalue weighted by Gasteiger charge is 2.31. The SMILES string of the molecule is CC(c1nc(-c2cccs2)no1)N1CCN(C(=O)C2CCCN2)CC1. The lowest BCUT2D eigenvalue weighted by atomic mass is 10.1. The Bertz CT molecular complexity index is 702. The lowest BCUT2D eigenvalue weighted by molar-refractivity contribution is -0.135. The second kappa shape index (κ2) is 7.23. The molecule has 0 saturated carbocycles. The molecule has 1 amide bonds. The van der Waals surface area contributed by atoms with Gasteiger partial charge < -0.3 is 14.7 Å². The van der Waals surface area contributed by atoms with Crippen LogP contribution in [0.25, 0.3) is 10.7 Å². The highest BCUT2D eigenvalue weighted by molar-refractivity contribution is 7.13. The number of carbonyl (C=O) groups is 1. The molecule has 2 unspecified atom stereocenters. The lowest BCUT2D eigenvalue weighted by Gasteiger charge is -2.37. The van der Waals surface area contributed by atoms with Crippen LogP contribution in [0, 0.1) is 0 Å². The molecule has 2 aromatic rings. The van der Waals surface area contributed by atoms with Gasteiger partial charge >= 0.3 is 0 Å². The third kappa shape index (κ3) is 3.47. The Morgan fingerprint density at radius 2 is 2.24 bits per heavy atom. The van der Waals surface area contributed by atoms with E-state index in [1.165, 1.54) is 0 Å². The molecule has 2 aliphatic rings. The molecule has 7 nitrogen and oxygen atoms in total. The summed E-state index contributed by atoms with van der Waals surface area (Å²) in [5.41, 5.74) is 0. The molecule has 0 bridgehead atoms. The number of nitrogens with one attached hydrogen (secondary N) is 1. The lowest BCUT2D eigenvalue weighted by Crippen LogP contribution is -2.53. The fourth-order valence-corrected chi connectivity index (χ4v) is 4.16. The van der Waals surface area contributed by atoms with Gasteiger partial charge in [0.2, 0.25) is 17.6 Å². The first-order valence-electron chi connectivity index (χ1n) is 8.86. The summed E-state index contributed by atoms with van der Waals surface area (Å²) in [6.45, 7) is 6.21. The molecule has 2 atom stereocenters. The molecule has 0 aromatic carbocycles. The molecule has 2 fully saturated rings. The Morgan fingerprint density at radius 1 is 1.40 bits per heavy atom. The zero-order chi connectivity index (χ0) is 17.2. The maximum absolute atomic E-state index is 12.5. The van der Waals surface area contributed by atoms with Crippen molar-refractivity contribution in [2.24, 2.45) is 0 Å². The van der Waals surface area contributed by atoms with Crippen LogP contribution in [0.15, 0.2) is 22.0 Å². The number of carbonyl (C=O) groups excluding carboxylic acids is 1. The summed E-state index contributed by atoms with van der Waals surface area (Å²) in [6, 6.07) is 4.05. The largest absolute Gasteiger partial charge is 0.339 e. The fraction of sp³-hybridized carbons (Fsp3) is 0.588. The summed E-state index contributed by atoms with van der Waals surface area (Å²) >= 11 is 1.60. The number of hydrogen-bond acceptors (Lipinski definition) is 7. The van der Waals surface area contributed by atoms with E-state index in [9.17, 15) is 4.79 Å². The Hall–Kier alpha value is -1.77. The summed E-state index contributed by atoms with van der Waals surface area (Å²) in [7, 11) is 0. The number of nitrogens with zero attached hydrogens (tertiary/aromatic N) is 4. The predicted octanol–water partition coefficient (Wildman–Crippen LogP) is 1.76. The minimum Gasteiger partial charge on any atom is -0.339 e. The van der Waals surface area contributed by atoms with Crippen molar-refractivity contribution in [1.82, 2.24) is 25.3 Å². The smallest absolute Gasteiger partial charge is 0.244 e. The van der Waals surface area contributed by atoms with E-state index in [-0.39, 0.29) is 18.0 Å². The van der Waals surface area contributed by atoms with Crippen LogP contribution in [0.2, 0.25) is 0 Å². The molecular weight excluding hydrogens is 338 g/mol. The highest BCUT2D eigenvalue weighted by atomic mass is 32.1. The maximum Gasteiger partial charge on any atom is 0.244 e. The first-order chi connectivity index (χ1) is 12.2. The van der Waals surface area contributed by atoms with Crippen LogP contribution in [0.1, 0.15) is 31.7 Å². The van der Waals surface area contributed by atoms with Crippen molar-refractivity contribution in [3.05, 3.63) is 23.4 Å². The van der Waals surface area contributed by atoms with Gasteiger partial charge in [-0.3, -0.25) is 9.69 Å². The van der Waals surface area contributed by atoms with E-state index in [4.69, 9.17) is 4.52 Å². The topological polar surface area (TPSA) is 74.5 Å². The van der Waals surface area contributed by atoms with E-state index in [0.29, 0.717) is 11.7 Å². The monoisotopic (exact) mass is 361 g/mol. The van der Waals surface area contributed by atoms with Crippen molar-refractivity contribution in [1.29, 1.82) is 0 Å². The van der Waals surface area contributed by atoms with Gasteiger partial charge in [-0.15, -0.1) is 11.3 Å². The van der Waals surface area contributed by atoms with Crippen LogP contribution in [0.3, 0.4) is 0 Å². The van der Waals surface area contributed by atoms with Crippen LogP contribution in [0.4, 0.5) is 0 Å². The van der Waals surface area contributed by atoms with E-state index in [0.717, 1.165) is 50.4 Å². The molecule has 4 rings (SSSR count). The standard InChI is InChI=1S/C17H23N5O2S/c1-12(16-19-15(20-24-16)14-5-3-11-25-14)21-7-9-22(10-8-21)17(23)13-4-2-6-18-13/h3,5,11-13,18H,2,4,6-10H2,1H3. The minimum atomic E-state index is 0.0215. The Labute approximate surface area is 151 Å². The van der Waals surface area contributed by atoms with E-state index in [1.807, 2.05) is 22.4 Å². The molecule has 2 saturated heterocycles. The third-order valence-corrected chi connectivity index (χ3v) is 5.94. The molecule has 2 aromatic heterocycles. The van der Waals surface area contributed by atoms with Crippen LogP contribution in [0.5, 0.6) is 0 Å². The molecule has 1 N–H and O–H groups in total. The second-order valence-corrected chi connectivity index (χ2v) is 7.57. The van der Waals surface area contributed by atoms with E-state index < -0.39 is 0 Å².